The lowest BCUT2D eigenvalue weighted by atomic mass is 10.0. The minimum absolute atomic E-state index is 0.364. The Bertz CT molecular complexity index is 723. The normalized spacial score (nSPS) is 15.7. The Morgan fingerprint density at radius 2 is 1.71 bits per heavy atom. The van der Waals surface area contributed by atoms with E-state index in [0.29, 0.717) is 23.2 Å². The highest BCUT2D eigenvalue weighted by molar-refractivity contribution is 14.1. The molecule has 0 bridgehead atoms. The first kappa shape index (κ1) is 17.4. The van der Waals surface area contributed by atoms with Crippen LogP contribution in [0.15, 0.2) is 24.3 Å². The van der Waals surface area contributed by atoms with E-state index in [1.807, 2.05) is 6.92 Å². The Balaban J connectivity index is 1.99. The van der Waals surface area contributed by atoms with Crippen molar-refractivity contribution in [1.29, 1.82) is 0 Å². The van der Waals surface area contributed by atoms with Crippen LogP contribution >= 0.6 is 22.6 Å². The van der Waals surface area contributed by atoms with Crippen LogP contribution < -0.4 is 5.32 Å². The molecule has 1 aromatic heterocycles. The fraction of sp³-hybridized carbons (Fsp3) is 0.412. The van der Waals surface area contributed by atoms with Gasteiger partial charge in [-0.15, -0.1) is 0 Å². The Morgan fingerprint density at radius 3 is 2.29 bits per heavy atom. The fourth-order valence-corrected chi connectivity index (χ4v) is 3.90. The third kappa shape index (κ3) is 3.81. The molecule has 1 aromatic carbocycles. The predicted molar refractivity (Wildman–Crippen MR) is 95.8 cm³/mol. The highest BCUT2D eigenvalue weighted by atomic mass is 127. The van der Waals surface area contributed by atoms with Crippen LogP contribution in [0, 0.1) is 10.6 Å². The number of anilines is 1. The molecule has 1 aliphatic carbocycles. The zero-order valence-corrected chi connectivity index (χ0v) is 15.3. The summed E-state index contributed by atoms with van der Waals surface area (Å²) in [6.45, 7) is 1.82. The monoisotopic (exact) mass is 447 g/mol. The molecule has 0 aliphatic heterocycles. The van der Waals surface area contributed by atoms with Gasteiger partial charge in [0.05, 0.1) is 11.1 Å². The summed E-state index contributed by atoms with van der Waals surface area (Å²) in [5, 5.41) is 3.46. The van der Waals surface area contributed by atoms with Crippen molar-refractivity contribution in [2.75, 3.05) is 5.32 Å². The van der Waals surface area contributed by atoms with E-state index in [4.69, 9.17) is 0 Å². The van der Waals surface area contributed by atoms with Crippen LogP contribution in [-0.4, -0.2) is 16.0 Å². The van der Waals surface area contributed by atoms with Gasteiger partial charge in [-0.25, -0.2) is 9.97 Å². The lowest BCUT2D eigenvalue weighted by Gasteiger charge is -2.18. The van der Waals surface area contributed by atoms with E-state index in [-0.39, 0.29) is 0 Å². The number of rotatable bonds is 3. The van der Waals surface area contributed by atoms with E-state index in [9.17, 15) is 13.2 Å². The van der Waals surface area contributed by atoms with Gasteiger partial charge in [0.25, 0.3) is 0 Å². The quantitative estimate of drug-likeness (QED) is 0.504. The SMILES string of the molecule is Cc1nc(I)c(-c2ccc(C(F)(F)F)cc2)c(NC2CCCC2)n1. The van der Waals surface area contributed by atoms with Crippen LogP contribution in [0.3, 0.4) is 0 Å². The summed E-state index contributed by atoms with van der Waals surface area (Å²) in [4.78, 5) is 8.87. The molecule has 7 heteroatoms. The summed E-state index contributed by atoms with van der Waals surface area (Å²) in [5.41, 5.74) is 0.800. The lowest BCUT2D eigenvalue weighted by molar-refractivity contribution is -0.137. The van der Waals surface area contributed by atoms with Crippen LogP contribution in [0.1, 0.15) is 37.1 Å². The van der Waals surface area contributed by atoms with Crippen molar-refractivity contribution >= 4 is 28.4 Å². The minimum atomic E-state index is -4.33. The summed E-state index contributed by atoms with van der Waals surface area (Å²) in [6.07, 6.45) is 0.224. The zero-order chi connectivity index (χ0) is 17.3. The summed E-state index contributed by atoms with van der Waals surface area (Å²) >= 11 is 2.11. The standard InChI is InChI=1S/C17H17F3IN3/c1-10-22-15(21)14(16(23-10)24-13-4-2-3-5-13)11-6-8-12(9-7-11)17(18,19)20/h6-9,13H,2-5H2,1H3,(H,22,23,24). The second-order valence-corrected chi connectivity index (χ2v) is 7.01. The molecule has 1 aliphatic rings. The maximum absolute atomic E-state index is 12.8. The van der Waals surface area contributed by atoms with Gasteiger partial charge in [-0.3, -0.25) is 0 Å². The largest absolute Gasteiger partial charge is 0.416 e. The predicted octanol–water partition coefficient (Wildman–Crippen LogP) is 5.43. The van der Waals surface area contributed by atoms with E-state index in [0.717, 1.165) is 34.2 Å². The first-order valence-electron chi connectivity index (χ1n) is 7.83. The molecule has 0 radical (unpaired) electrons. The van der Waals surface area contributed by atoms with E-state index in [2.05, 4.69) is 37.9 Å². The van der Waals surface area contributed by atoms with Crippen LogP contribution in [-0.2, 0) is 6.18 Å². The number of aromatic nitrogens is 2. The van der Waals surface area contributed by atoms with E-state index >= 15 is 0 Å². The Hall–Kier alpha value is -1.38. The maximum atomic E-state index is 12.8. The molecule has 3 rings (SSSR count). The fourth-order valence-electron chi connectivity index (χ4n) is 2.99. The van der Waals surface area contributed by atoms with Crippen LogP contribution in [0.25, 0.3) is 11.1 Å². The second-order valence-electron chi connectivity index (χ2n) is 5.99. The maximum Gasteiger partial charge on any atom is 0.416 e. The number of hydrogen-bond acceptors (Lipinski definition) is 3. The average molecular weight is 447 g/mol. The lowest BCUT2D eigenvalue weighted by Crippen LogP contribution is -2.17. The molecule has 2 aromatic rings. The highest BCUT2D eigenvalue weighted by Crippen LogP contribution is 2.35. The van der Waals surface area contributed by atoms with Gasteiger partial charge in [0.1, 0.15) is 15.3 Å². The van der Waals surface area contributed by atoms with Gasteiger partial charge >= 0.3 is 6.18 Å². The summed E-state index contributed by atoms with van der Waals surface area (Å²) in [7, 11) is 0. The van der Waals surface area contributed by atoms with Gasteiger partial charge in [-0.2, -0.15) is 13.2 Å². The molecular formula is C17H17F3IN3. The molecular weight excluding hydrogens is 430 g/mol. The van der Waals surface area contributed by atoms with Crippen LogP contribution in [0.5, 0.6) is 0 Å². The highest BCUT2D eigenvalue weighted by Gasteiger charge is 2.30. The first-order chi connectivity index (χ1) is 11.3. The van der Waals surface area contributed by atoms with Gasteiger partial charge < -0.3 is 5.32 Å². The van der Waals surface area contributed by atoms with Crippen molar-refractivity contribution in [3.8, 4) is 11.1 Å². The third-order valence-corrected chi connectivity index (χ3v) is 4.95. The number of nitrogens with zero attached hydrogens (tertiary/aromatic N) is 2. The molecule has 1 saturated carbocycles. The number of hydrogen-bond donors (Lipinski definition) is 1. The van der Waals surface area contributed by atoms with E-state index in [1.165, 1.54) is 25.0 Å². The van der Waals surface area contributed by atoms with Crippen LogP contribution in [0.2, 0.25) is 0 Å². The van der Waals surface area contributed by atoms with Gasteiger partial charge in [0.15, 0.2) is 0 Å². The van der Waals surface area contributed by atoms with Crippen LogP contribution in [0.4, 0.5) is 19.0 Å². The average Bonchev–Trinajstić information content (AvgIpc) is 2.99. The number of aryl methyl sites for hydroxylation is 1. The van der Waals surface area contributed by atoms with Crippen molar-refractivity contribution in [3.05, 3.63) is 39.4 Å². The third-order valence-electron chi connectivity index (χ3n) is 4.17. The molecule has 0 unspecified atom stereocenters. The Morgan fingerprint density at radius 1 is 1.08 bits per heavy atom. The van der Waals surface area contributed by atoms with Crippen molar-refractivity contribution in [3.63, 3.8) is 0 Å². The van der Waals surface area contributed by atoms with Crippen molar-refractivity contribution in [2.45, 2.75) is 44.8 Å². The van der Waals surface area contributed by atoms with Crippen molar-refractivity contribution in [1.82, 2.24) is 9.97 Å². The molecule has 24 heavy (non-hydrogen) atoms. The summed E-state index contributed by atoms with van der Waals surface area (Å²) < 4.78 is 39.0. The van der Waals surface area contributed by atoms with Gasteiger partial charge in [-0.05, 0) is 60.1 Å². The Labute approximate surface area is 152 Å². The van der Waals surface area contributed by atoms with E-state index < -0.39 is 11.7 Å². The minimum Gasteiger partial charge on any atom is -0.367 e. The van der Waals surface area contributed by atoms with Gasteiger partial charge in [-0.1, -0.05) is 25.0 Å². The molecule has 0 amide bonds. The second kappa shape index (κ2) is 6.85. The van der Waals surface area contributed by atoms with Gasteiger partial charge in [0.2, 0.25) is 0 Å². The molecule has 1 N–H and O–H groups in total. The number of benzene rings is 1. The topological polar surface area (TPSA) is 37.8 Å². The first-order valence-corrected chi connectivity index (χ1v) is 8.91. The molecule has 1 heterocycles. The van der Waals surface area contributed by atoms with Crippen molar-refractivity contribution < 1.29 is 13.2 Å². The summed E-state index contributed by atoms with van der Waals surface area (Å²) in [5.74, 6) is 1.36. The van der Waals surface area contributed by atoms with E-state index in [1.54, 1.807) is 0 Å². The number of nitrogens with one attached hydrogen (secondary N) is 1. The molecule has 0 atom stereocenters. The molecule has 1 fully saturated rings. The molecule has 3 nitrogen and oxygen atoms in total. The Kier molecular flexibility index (Phi) is 4.98. The zero-order valence-electron chi connectivity index (χ0n) is 13.1. The molecule has 128 valence electrons. The van der Waals surface area contributed by atoms with Crippen molar-refractivity contribution in [2.24, 2.45) is 0 Å². The number of halogens is 4. The summed E-state index contributed by atoms with van der Waals surface area (Å²) in [6, 6.07) is 5.54. The molecule has 0 spiro atoms. The smallest absolute Gasteiger partial charge is 0.367 e. The van der Waals surface area contributed by atoms with Gasteiger partial charge in [0, 0.05) is 6.04 Å². The molecule has 0 saturated heterocycles. The number of alkyl halides is 3.